The molecule has 130 valence electrons. The standard InChI is InChI=1S/C17H30N4O2/c1-13(12-21-11-5-10-18-21)19-14-6-8-15(9-7-14)20-16(22)23-17(2,3)4/h5,10-11,13-15,19H,6-9,12H2,1-4H3,(H,20,22). The van der Waals surface area contributed by atoms with Crippen LogP contribution in [-0.2, 0) is 11.3 Å². The number of nitrogens with zero attached hydrogens (tertiary/aromatic N) is 2. The summed E-state index contributed by atoms with van der Waals surface area (Å²) in [5.74, 6) is 0. The van der Waals surface area contributed by atoms with Crippen LogP contribution in [0.4, 0.5) is 4.79 Å². The number of aromatic nitrogens is 2. The number of rotatable bonds is 5. The highest BCUT2D eigenvalue weighted by Crippen LogP contribution is 2.20. The Kier molecular flexibility index (Phi) is 6.04. The molecule has 0 spiro atoms. The summed E-state index contributed by atoms with van der Waals surface area (Å²) in [5, 5.41) is 10.9. The minimum atomic E-state index is -0.440. The SMILES string of the molecule is CC(Cn1cccn1)NC1CCC(NC(=O)OC(C)(C)C)CC1. The Bertz CT molecular complexity index is 473. The van der Waals surface area contributed by atoms with Crippen molar-refractivity contribution in [2.45, 2.75) is 83.6 Å². The Morgan fingerprint density at radius 3 is 2.52 bits per heavy atom. The van der Waals surface area contributed by atoms with Crippen molar-refractivity contribution < 1.29 is 9.53 Å². The van der Waals surface area contributed by atoms with Crippen LogP contribution in [0.3, 0.4) is 0 Å². The number of amides is 1. The second-order valence-corrected chi connectivity index (χ2v) is 7.49. The van der Waals surface area contributed by atoms with Crippen LogP contribution in [0.15, 0.2) is 18.5 Å². The fourth-order valence-electron chi connectivity index (χ4n) is 3.02. The second-order valence-electron chi connectivity index (χ2n) is 7.49. The van der Waals surface area contributed by atoms with E-state index in [-0.39, 0.29) is 12.1 Å². The van der Waals surface area contributed by atoms with Crippen molar-refractivity contribution >= 4 is 6.09 Å². The normalized spacial score (nSPS) is 23.3. The summed E-state index contributed by atoms with van der Waals surface area (Å²) in [6.07, 6.45) is 7.62. The van der Waals surface area contributed by atoms with Gasteiger partial charge in [0.05, 0.1) is 6.54 Å². The quantitative estimate of drug-likeness (QED) is 0.874. The van der Waals surface area contributed by atoms with Crippen molar-refractivity contribution in [2.24, 2.45) is 0 Å². The summed E-state index contributed by atoms with van der Waals surface area (Å²) < 4.78 is 7.27. The maximum absolute atomic E-state index is 11.8. The van der Waals surface area contributed by atoms with Crippen LogP contribution >= 0.6 is 0 Å². The molecule has 1 amide bonds. The number of nitrogens with one attached hydrogen (secondary N) is 2. The van der Waals surface area contributed by atoms with E-state index in [4.69, 9.17) is 4.74 Å². The number of hydrogen-bond acceptors (Lipinski definition) is 4. The topological polar surface area (TPSA) is 68.2 Å². The molecule has 1 fully saturated rings. The predicted octanol–water partition coefficient (Wildman–Crippen LogP) is 2.70. The van der Waals surface area contributed by atoms with Crippen LogP contribution in [0.5, 0.6) is 0 Å². The van der Waals surface area contributed by atoms with E-state index in [1.165, 1.54) is 0 Å². The molecule has 1 atom stereocenters. The van der Waals surface area contributed by atoms with E-state index < -0.39 is 5.60 Å². The van der Waals surface area contributed by atoms with Gasteiger partial charge in [0, 0.05) is 30.5 Å². The first-order chi connectivity index (χ1) is 10.8. The molecule has 2 N–H and O–H groups in total. The Balaban J connectivity index is 1.66. The minimum Gasteiger partial charge on any atom is -0.444 e. The van der Waals surface area contributed by atoms with Crippen LogP contribution in [-0.4, -0.2) is 39.6 Å². The third-order valence-electron chi connectivity index (χ3n) is 3.99. The van der Waals surface area contributed by atoms with Gasteiger partial charge in [-0.2, -0.15) is 5.10 Å². The lowest BCUT2D eigenvalue weighted by Crippen LogP contribution is -2.46. The molecule has 0 saturated heterocycles. The Morgan fingerprint density at radius 2 is 1.96 bits per heavy atom. The van der Waals surface area contributed by atoms with E-state index in [2.05, 4.69) is 22.7 Å². The predicted molar refractivity (Wildman–Crippen MR) is 90.2 cm³/mol. The molecule has 1 aliphatic carbocycles. The third kappa shape index (κ3) is 6.60. The van der Waals surface area contributed by atoms with E-state index >= 15 is 0 Å². The summed E-state index contributed by atoms with van der Waals surface area (Å²) in [6.45, 7) is 8.72. The molecule has 0 bridgehead atoms. The molecule has 6 nitrogen and oxygen atoms in total. The van der Waals surface area contributed by atoms with Crippen LogP contribution in [0.1, 0.15) is 53.4 Å². The molecule has 23 heavy (non-hydrogen) atoms. The summed E-state index contributed by atoms with van der Waals surface area (Å²) in [5.41, 5.74) is -0.440. The number of hydrogen-bond donors (Lipinski definition) is 2. The van der Waals surface area contributed by atoms with Crippen molar-refractivity contribution in [3.8, 4) is 0 Å². The zero-order valence-corrected chi connectivity index (χ0v) is 14.7. The Labute approximate surface area is 139 Å². The molecule has 6 heteroatoms. The highest BCUT2D eigenvalue weighted by Gasteiger charge is 2.25. The largest absolute Gasteiger partial charge is 0.444 e. The summed E-state index contributed by atoms with van der Waals surface area (Å²) in [4.78, 5) is 11.8. The molecule has 0 aliphatic heterocycles. The van der Waals surface area contributed by atoms with Crippen molar-refractivity contribution in [2.75, 3.05) is 0 Å². The molecular formula is C17H30N4O2. The smallest absolute Gasteiger partial charge is 0.407 e. The number of alkyl carbamates (subject to hydrolysis) is 1. The van der Waals surface area contributed by atoms with Gasteiger partial charge in [-0.05, 0) is 59.4 Å². The zero-order valence-electron chi connectivity index (χ0n) is 14.7. The maximum Gasteiger partial charge on any atom is 0.407 e. The fraction of sp³-hybridized carbons (Fsp3) is 0.765. The molecule has 1 saturated carbocycles. The van der Waals surface area contributed by atoms with Crippen molar-refractivity contribution in [1.82, 2.24) is 20.4 Å². The van der Waals surface area contributed by atoms with Gasteiger partial charge in [0.2, 0.25) is 0 Å². The zero-order chi connectivity index (χ0) is 16.9. The van der Waals surface area contributed by atoms with Crippen molar-refractivity contribution in [3.63, 3.8) is 0 Å². The number of carbonyl (C=O) groups is 1. The van der Waals surface area contributed by atoms with Gasteiger partial charge in [-0.1, -0.05) is 0 Å². The first kappa shape index (κ1) is 17.8. The van der Waals surface area contributed by atoms with Crippen LogP contribution < -0.4 is 10.6 Å². The third-order valence-corrected chi connectivity index (χ3v) is 3.99. The average molecular weight is 322 g/mol. The van der Waals surface area contributed by atoms with Gasteiger partial charge < -0.3 is 15.4 Å². The van der Waals surface area contributed by atoms with Gasteiger partial charge in [0.1, 0.15) is 5.60 Å². The highest BCUT2D eigenvalue weighted by molar-refractivity contribution is 5.68. The molecule has 1 aromatic rings. The lowest BCUT2D eigenvalue weighted by molar-refractivity contribution is 0.0489. The summed E-state index contributed by atoms with van der Waals surface area (Å²) >= 11 is 0. The molecular weight excluding hydrogens is 292 g/mol. The van der Waals surface area contributed by atoms with Crippen LogP contribution in [0.25, 0.3) is 0 Å². The molecule has 0 radical (unpaired) electrons. The van der Waals surface area contributed by atoms with Gasteiger partial charge in [-0.25, -0.2) is 4.79 Å². The molecule has 1 heterocycles. The second kappa shape index (κ2) is 7.81. The van der Waals surface area contributed by atoms with Gasteiger partial charge in [0.25, 0.3) is 0 Å². The van der Waals surface area contributed by atoms with Crippen LogP contribution in [0.2, 0.25) is 0 Å². The van der Waals surface area contributed by atoms with E-state index in [1.54, 1.807) is 6.20 Å². The first-order valence-corrected chi connectivity index (χ1v) is 8.55. The van der Waals surface area contributed by atoms with Crippen molar-refractivity contribution in [1.29, 1.82) is 0 Å². The van der Waals surface area contributed by atoms with Gasteiger partial charge in [-0.15, -0.1) is 0 Å². The average Bonchev–Trinajstić information content (AvgIpc) is 2.91. The summed E-state index contributed by atoms with van der Waals surface area (Å²) in [6, 6.07) is 3.07. The van der Waals surface area contributed by atoms with Gasteiger partial charge in [0.15, 0.2) is 0 Å². The van der Waals surface area contributed by atoms with E-state index in [1.807, 2.05) is 37.7 Å². The van der Waals surface area contributed by atoms with E-state index in [9.17, 15) is 4.79 Å². The fourth-order valence-corrected chi connectivity index (χ4v) is 3.02. The lowest BCUT2D eigenvalue weighted by Gasteiger charge is -2.32. The van der Waals surface area contributed by atoms with E-state index in [0.29, 0.717) is 12.1 Å². The number of ether oxygens (including phenoxy) is 1. The number of carbonyl (C=O) groups excluding carboxylic acids is 1. The van der Waals surface area contributed by atoms with Gasteiger partial charge >= 0.3 is 6.09 Å². The first-order valence-electron chi connectivity index (χ1n) is 8.55. The lowest BCUT2D eigenvalue weighted by atomic mass is 9.91. The molecule has 2 rings (SSSR count). The summed E-state index contributed by atoms with van der Waals surface area (Å²) in [7, 11) is 0. The molecule has 0 aromatic carbocycles. The molecule has 1 unspecified atom stereocenters. The molecule has 1 aromatic heterocycles. The minimum absolute atomic E-state index is 0.226. The van der Waals surface area contributed by atoms with Crippen molar-refractivity contribution in [3.05, 3.63) is 18.5 Å². The van der Waals surface area contributed by atoms with E-state index in [0.717, 1.165) is 32.2 Å². The Morgan fingerprint density at radius 1 is 1.30 bits per heavy atom. The monoisotopic (exact) mass is 322 g/mol. The maximum atomic E-state index is 11.8. The van der Waals surface area contributed by atoms with Gasteiger partial charge in [-0.3, -0.25) is 4.68 Å². The van der Waals surface area contributed by atoms with Crippen LogP contribution in [0, 0.1) is 0 Å². The molecule has 1 aliphatic rings. The highest BCUT2D eigenvalue weighted by atomic mass is 16.6. The Hall–Kier alpha value is -1.56.